The standard InChI is InChI=1S/C11H9BrN3.HI/c1-14-4-5-15(8-14)11-3-2-9(7-13)6-10(11)12;/h2-6,8H,1H3;1H/q+1;/p-1. The van der Waals surface area contributed by atoms with Gasteiger partial charge in [-0.15, -0.1) is 0 Å². The summed E-state index contributed by atoms with van der Waals surface area (Å²) in [5.41, 5.74) is 1.68. The highest BCUT2D eigenvalue weighted by Crippen LogP contribution is 2.21. The molecule has 0 aliphatic heterocycles. The zero-order valence-corrected chi connectivity index (χ0v) is 12.3. The van der Waals surface area contributed by atoms with Crippen molar-refractivity contribution in [1.82, 2.24) is 4.57 Å². The molecule has 82 valence electrons. The number of halogens is 2. The van der Waals surface area contributed by atoms with Crippen LogP contribution in [0.25, 0.3) is 5.69 Å². The lowest BCUT2D eigenvalue weighted by atomic mass is 10.2. The third-order valence-electron chi connectivity index (χ3n) is 2.12. The molecule has 0 amide bonds. The van der Waals surface area contributed by atoms with E-state index in [0.717, 1.165) is 10.2 Å². The van der Waals surface area contributed by atoms with Gasteiger partial charge in [0, 0.05) is 0 Å². The van der Waals surface area contributed by atoms with Gasteiger partial charge >= 0.3 is 0 Å². The number of aryl methyl sites for hydroxylation is 1. The summed E-state index contributed by atoms with van der Waals surface area (Å²) in [4.78, 5) is 0. The summed E-state index contributed by atoms with van der Waals surface area (Å²) >= 11 is 3.45. The van der Waals surface area contributed by atoms with E-state index in [1.54, 1.807) is 6.07 Å². The van der Waals surface area contributed by atoms with E-state index in [0.29, 0.717) is 5.56 Å². The van der Waals surface area contributed by atoms with Crippen molar-refractivity contribution in [3.8, 4) is 11.8 Å². The molecule has 2 aromatic rings. The van der Waals surface area contributed by atoms with Gasteiger partial charge in [-0.3, -0.25) is 0 Å². The van der Waals surface area contributed by atoms with Gasteiger partial charge in [0.15, 0.2) is 0 Å². The van der Waals surface area contributed by atoms with Crippen molar-refractivity contribution in [1.29, 1.82) is 5.26 Å². The lowest BCUT2D eigenvalue weighted by Gasteiger charge is -1.99. The van der Waals surface area contributed by atoms with E-state index in [9.17, 15) is 0 Å². The number of hydrogen-bond donors (Lipinski definition) is 0. The van der Waals surface area contributed by atoms with Crippen LogP contribution in [0, 0.1) is 11.3 Å². The van der Waals surface area contributed by atoms with E-state index in [2.05, 4.69) is 22.0 Å². The number of imidazole rings is 1. The molecule has 16 heavy (non-hydrogen) atoms. The van der Waals surface area contributed by atoms with Gasteiger partial charge in [0.25, 0.3) is 0 Å². The normalized spacial score (nSPS) is 9.31. The number of nitrogens with zero attached hydrogens (tertiary/aromatic N) is 3. The van der Waals surface area contributed by atoms with E-state index in [4.69, 9.17) is 5.26 Å². The first kappa shape index (κ1) is 13.2. The van der Waals surface area contributed by atoms with Gasteiger partial charge in [0.1, 0.15) is 18.1 Å². The Morgan fingerprint density at radius 2 is 2.19 bits per heavy atom. The summed E-state index contributed by atoms with van der Waals surface area (Å²) in [6.07, 6.45) is 5.89. The van der Waals surface area contributed by atoms with Gasteiger partial charge < -0.3 is 24.0 Å². The Kier molecular flexibility index (Phi) is 4.50. The van der Waals surface area contributed by atoms with E-state index in [-0.39, 0.29) is 24.0 Å². The Hall–Kier alpha value is -0.870. The van der Waals surface area contributed by atoms with E-state index in [1.807, 2.05) is 47.0 Å². The fraction of sp³-hybridized carbons (Fsp3) is 0.0909. The molecule has 3 nitrogen and oxygen atoms in total. The molecule has 0 N–H and O–H groups in total. The number of benzene rings is 1. The SMILES string of the molecule is C[n+]1ccn(-c2ccc(C#N)cc2Br)c1.[I-]. The summed E-state index contributed by atoms with van der Waals surface area (Å²) in [5.74, 6) is 0. The number of aromatic nitrogens is 2. The molecule has 0 aliphatic carbocycles. The predicted molar refractivity (Wildman–Crippen MR) is 59.4 cm³/mol. The molecule has 1 heterocycles. The number of rotatable bonds is 1. The maximum absolute atomic E-state index is 8.75. The first-order chi connectivity index (χ1) is 7.20. The Balaban J connectivity index is 0.00000128. The quantitative estimate of drug-likeness (QED) is 0.452. The Morgan fingerprint density at radius 3 is 2.69 bits per heavy atom. The fourth-order valence-corrected chi connectivity index (χ4v) is 1.96. The van der Waals surface area contributed by atoms with Crippen molar-refractivity contribution in [3.05, 3.63) is 47.0 Å². The van der Waals surface area contributed by atoms with Crippen molar-refractivity contribution in [3.63, 3.8) is 0 Å². The minimum Gasteiger partial charge on any atom is -1.00 e. The highest BCUT2D eigenvalue weighted by molar-refractivity contribution is 9.10. The maximum atomic E-state index is 8.75. The molecule has 0 fully saturated rings. The topological polar surface area (TPSA) is 32.6 Å². The summed E-state index contributed by atoms with van der Waals surface area (Å²) < 4.78 is 4.87. The van der Waals surface area contributed by atoms with Crippen LogP contribution in [-0.2, 0) is 7.05 Å². The molecule has 5 heteroatoms. The highest BCUT2D eigenvalue weighted by Gasteiger charge is 2.08. The number of nitriles is 1. The molecule has 1 aromatic carbocycles. The lowest BCUT2D eigenvalue weighted by Crippen LogP contribution is -3.00. The van der Waals surface area contributed by atoms with Crippen molar-refractivity contribution >= 4 is 15.9 Å². The molecular formula is C11H9BrIN3. The molecule has 0 aliphatic rings. The highest BCUT2D eigenvalue weighted by atomic mass is 127. The van der Waals surface area contributed by atoms with Gasteiger partial charge in [-0.2, -0.15) is 5.26 Å². The smallest absolute Gasteiger partial charge is 0.248 e. The molecule has 0 unspecified atom stereocenters. The first-order valence-corrected chi connectivity index (χ1v) is 5.23. The molecule has 0 spiro atoms. The van der Waals surface area contributed by atoms with Crippen LogP contribution in [0.3, 0.4) is 0 Å². The van der Waals surface area contributed by atoms with Gasteiger partial charge in [-0.25, -0.2) is 9.13 Å². The van der Waals surface area contributed by atoms with Gasteiger partial charge in [0.2, 0.25) is 6.33 Å². The molecular weight excluding hydrogens is 381 g/mol. The van der Waals surface area contributed by atoms with Crippen LogP contribution in [0.4, 0.5) is 0 Å². The second-order valence-electron chi connectivity index (χ2n) is 3.26. The third-order valence-corrected chi connectivity index (χ3v) is 2.76. The second-order valence-corrected chi connectivity index (χ2v) is 4.12. The summed E-state index contributed by atoms with van der Waals surface area (Å²) in [6.45, 7) is 0. The Labute approximate surface area is 119 Å². The zero-order chi connectivity index (χ0) is 10.8. The molecule has 0 saturated heterocycles. The maximum Gasteiger partial charge on any atom is 0.248 e. The molecule has 0 saturated carbocycles. The molecule has 0 bridgehead atoms. The Bertz CT molecular complexity index is 542. The van der Waals surface area contributed by atoms with Gasteiger partial charge in [-0.05, 0) is 34.1 Å². The molecule has 2 rings (SSSR count). The van der Waals surface area contributed by atoms with Crippen LogP contribution in [0.2, 0.25) is 0 Å². The molecule has 0 atom stereocenters. The molecule has 1 aromatic heterocycles. The van der Waals surface area contributed by atoms with Crippen molar-refractivity contribution < 1.29 is 28.5 Å². The predicted octanol–water partition coefficient (Wildman–Crippen LogP) is -1.06. The van der Waals surface area contributed by atoms with Crippen LogP contribution in [0.5, 0.6) is 0 Å². The van der Waals surface area contributed by atoms with Crippen molar-refractivity contribution in [2.75, 3.05) is 0 Å². The fourth-order valence-electron chi connectivity index (χ4n) is 1.38. The van der Waals surface area contributed by atoms with Crippen LogP contribution in [0.1, 0.15) is 5.56 Å². The van der Waals surface area contributed by atoms with Crippen LogP contribution in [0.15, 0.2) is 41.4 Å². The van der Waals surface area contributed by atoms with E-state index >= 15 is 0 Å². The number of hydrogen-bond acceptors (Lipinski definition) is 1. The minimum absolute atomic E-state index is 0. The zero-order valence-electron chi connectivity index (χ0n) is 8.56. The third kappa shape index (κ3) is 2.62. The average Bonchev–Trinajstić information content (AvgIpc) is 2.64. The van der Waals surface area contributed by atoms with Gasteiger partial charge in [-0.1, -0.05) is 0 Å². The van der Waals surface area contributed by atoms with Crippen LogP contribution in [-0.4, -0.2) is 4.57 Å². The van der Waals surface area contributed by atoms with Crippen molar-refractivity contribution in [2.24, 2.45) is 7.05 Å². The van der Waals surface area contributed by atoms with E-state index in [1.165, 1.54) is 0 Å². The second kappa shape index (κ2) is 5.46. The average molecular weight is 390 g/mol. The first-order valence-electron chi connectivity index (χ1n) is 4.44. The largest absolute Gasteiger partial charge is 1.00 e. The van der Waals surface area contributed by atoms with Crippen LogP contribution < -0.4 is 28.5 Å². The summed E-state index contributed by atoms with van der Waals surface area (Å²) in [6, 6.07) is 7.65. The molecule has 0 radical (unpaired) electrons. The van der Waals surface area contributed by atoms with Crippen LogP contribution >= 0.6 is 15.9 Å². The van der Waals surface area contributed by atoms with Crippen molar-refractivity contribution in [2.45, 2.75) is 0 Å². The monoisotopic (exact) mass is 389 g/mol. The Morgan fingerprint density at radius 1 is 1.44 bits per heavy atom. The van der Waals surface area contributed by atoms with Gasteiger partial charge in [0.05, 0.1) is 23.2 Å². The lowest BCUT2D eigenvalue weighted by molar-refractivity contribution is -0.670. The summed E-state index contributed by atoms with van der Waals surface area (Å²) in [5, 5.41) is 8.75. The van der Waals surface area contributed by atoms with E-state index < -0.39 is 0 Å². The summed E-state index contributed by atoms with van der Waals surface area (Å²) in [7, 11) is 1.97. The minimum atomic E-state index is 0.